The molecule has 0 saturated carbocycles. The lowest BCUT2D eigenvalue weighted by molar-refractivity contribution is 0.523. The summed E-state index contributed by atoms with van der Waals surface area (Å²) in [5.41, 5.74) is 10.9. The van der Waals surface area contributed by atoms with Crippen molar-refractivity contribution >= 4 is 17.2 Å². The van der Waals surface area contributed by atoms with Gasteiger partial charge < -0.3 is 11.5 Å². The molecule has 9 heavy (non-hydrogen) atoms. The second-order valence-corrected chi connectivity index (χ2v) is 2.79. The van der Waals surface area contributed by atoms with Crippen LogP contribution in [-0.2, 0) is 0 Å². The third kappa shape index (κ3) is 2.77. The highest BCUT2D eigenvalue weighted by atomic mass is 32.1. The Morgan fingerprint density at radius 3 is 2.22 bits per heavy atom. The van der Waals surface area contributed by atoms with E-state index >= 15 is 0 Å². The molecule has 4 N–H and O–H groups in total. The van der Waals surface area contributed by atoms with E-state index in [0.717, 1.165) is 6.42 Å². The normalized spacial score (nSPS) is 16.8. The average Bonchev–Trinajstić information content (AvgIpc) is 1.84. The summed E-state index contributed by atoms with van der Waals surface area (Å²) in [4.78, 5) is 0.421. The van der Waals surface area contributed by atoms with Gasteiger partial charge in [-0.25, -0.2) is 0 Å². The van der Waals surface area contributed by atoms with Crippen LogP contribution in [0.15, 0.2) is 0 Å². The van der Waals surface area contributed by atoms with Crippen molar-refractivity contribution in [3.63, 3.8) is 0 Å². The van der Waals surface area contributed by atoms with E-state index in [1.54, 1.807) is 0 Å². The Labute approximate surface area is 61.6 Å². The monoisotopic (exact) mass is 146 g/mol. The maximum absolute atomic E-state index is 5.60. The topological polar surface area (TPSA) is 52.0 Å². The highest BCUT2D eigenvalue weighted by Crippen LogP contribution is 2.04. The molecular weight excluding hydrogens is 132 g/mol. The fourth-order valence-corrected chi connectivity index (χ4v) is 0.767. The molecule has 0 aromatic carbocycles. The molecule has 0 aliphatic heterocycles. The van der Waals surface area contributed by atoms with Gasteiger partial charge in [0.25, 0.3) is 0 Å². The Morgan fingerprint density at radius 1 is 1.67 bits per heavy atom. The summed E-state index contributed by atoms with van der Waals surface area (Å²) in [6.07, 6.45) is 1.03. The second-order valence-electron chi connectivity index (χ2n) is 2.31. The van der Waals surface area contributed by atoms with Crippen molar-refractivity contribution in [2.45, 2.75) is 26.3 Å². The fraction of sp³-hybridized carbons (Fsp3) is 0.833. The van der Waals surface area contributed by atoms with E-state index in [-0.39, 0.29) is 6.04 Å². The molecule has 0 fully saturated rings. The predicted molar refractivity (Wildman–Crippen MR) is 44.2 cm³/mol. The van der Waals surface area contributed by atoms with Crippen LogP contribution in [0.4, 0.5) is 0 Å². The van der Waals surface area contributed by atoms with Gasteiger partial charge in [0.2, 0.25) is 0 Å². The molecule has 2 atom stereocenters. The zero-order valence-corrected chi connectivity index (χ0v) is 6.74. The maximum Gasteiger partial charge on any atom is 0.0900 e. The molecule has 0 spiro atoms. The van der Waals surface area contributed by atoms with Gasteiger partial charge in [0.1, 0.15) is 0 Å². The highest BCUT2D eigenvalue weighted by molar-refractivity contribution is 7.80. The molecule has 0 aliphatic carbocycles. The van der Waals surface area contributed by atoms with E-state index in [0.29, 0.717) is 10.9 Å². The Balaban J connectivity index is 3.72. The van der Waals surface area contributed by atoms with E-state index in [1.165, 1.54) is 0 Å². The van der Waals surface area contributed by atoms with Gasteiger partial charge in [-0.15, -0.1) is 0 Å². The number of nitrogens with two attached hydrogens (primary N) is 2. The lowest BCUT2D eigenvalue weighted by atomic mass is 10.0. The van der Waals surface area contributed by atoms with Crippen LogP contribution in [0.2, 0.25) is 0 Å². The Hall–Kier alpha value is -0.150. The van der Waals surface area contributed by atoms with Gasteiger partial charge in [0, 0.05) is 0 Å². The summed E-state index contributed by atoms with van der Waals surface area (Å²) < 4.78 is 0. The number of hydrogen-bond donors (Lipinski definition) is 2. The molecule has 3 heteroatoms. The zero-order chi connectivity index (χ0) is 7.44. The second kappa shape index (κ2) is 3.80. The summed E-state index contributed by atoms with van der Waals surface area (Å²) in [5, 5.41) is 0. The number of hydrogen-bond acceptors (Lipinski definition) is 2. The Morgan fingerprint density at radius 2 is 2.11 bits per heavy atom. The van der Waals surface area contributed by atoms with Gasteiger partial charge in [0.15, 0.2) is 0 Å². The van der Waals surface area contributed by atoms with E-state index in [4.69, 9.17) is 23.7 Å². The molecule has 0 radical (unpaired) electrons. The van der Waals surface area contributed by atoms with Crippen molar-refractivity contribution in [1.29, 1.82) is 0 Å². The molecule has 0 bridgehead atoms. The minimum atomic E-state index is -0.106. The Bertz CT molecular complexity index is 103. The van der Waals surface area contributed by atoms with Crippen molar-refractivity contribution in [1.82, 2.24) is 0 Å². The third-order valence-corrected chi connectivity index (χ3v) is 1.86. The first kappa shape index (κ1) is 8.85. The van der Waals surface area contributed by atoms with Crippen molar-refractivity contribution < 1.29 is 0 Å². The molecule has 0 heterocycles. The van der Waals surface area contributed by atoms with E-state index < -0.39 is 0 Å². The van der Waals surface area contributed by atoms with Crippen molar-refractivity contribution in [2.75, 3.05) is 0 Å². The predicted octanol–water partition coefficient (Wildman–Crippen LogP) is 0.646. The molecule has 0 saturated heterocycles. The summed E-state index contributed by atoms with van der Waals surface area (Å²) in [7, 11) is 0. The molecule has 0 unspecified atom stereocenters. The first-order valence-corrected chi connectivity index (χ1v) is 3.55. The van der Waals surface area contributed by atoms with E-state index in [2.05, 4.69) is 6.92 Å². The van der Waals surface area contributed by atoms with Crippen molar-refractivity contribution in [2.24, 2.45) is 17.4 Å². The van der Waals surface area contributed by atoms with Gasteiger partial charge >= 0.3 is 0 Å². The fourth-order valence-electron chi connectivity index (χ4n) is 0.534. The zero-order valence-electron chi connectivity index (χ0n) is 5.92. The lowest BCUT2D eigenvalue weighted by Crippen LogP contribution is -2.40. The average molecular weight is 146 g/mol. The van der Waals surface area contributed by atoms with Crippen LogP contribution in [0.25, 0.3) is 0 Å². The van der Waals surface area contributed by atoms with Crippen LogP contribution < -0.4 is 11.5 Å². The van der Waals surface area contributed by atoms with Gasteiger partial charge in [-0.1, -0.05) is 32.5 Å². The van der Waals surface area contributed by atoms with Crippen LogP contribution in [0, 0.1) is 5.92 Å². The van der Waals surface area contributed by atoms with Crippen LogP contribution in [0.1, 0.15) is 20.3 Å². The number of thiocarbonyl (C=S) groups is 1. The smallest absolute Gasteiger partial charge is 0.0900 e. The van der Waals surface area contributed by atoms with Crippen molar-refractivity contribution in [3.05, 3.63) is 0 Å². The first-order valence-electron chi connectivity index (χ1n) is 3.14. The molecule has 0 aromatic heterocycles. The number of rotatable bonds is 3. The highest BCUT2D eigenvalue weighted by Gasteiger charge is 2.11. The lowest BCUT2D eigenvalue weighted by Gasteiger charge is -2.15. The summed E-state index contributed by atoms with van der Waals surface area (Å²) in [6.45, 7) is 4.12. The summed E-state index contributed by atoms with van der Waals surface area (Å²) in [6, 6.07) is -0.106. The largest absolute Gasteiger partial charge is 0.392 e. The quantitative estimate of drug-likeness (QED) is 0.575. The molecule has 0 aromatic rings. The summed E-state index contributed by atoms with van der Waals surface area (Å²) >= 11 is 4.71. The minimum Gasteiger partial charge on any atom is -0.392 e. The molecule has 0 amide bonds. The maximum atomic E-state index is 5.60. The summed E-state index contributed by atoms with van der Waals surface area (Å²) in [5.74, 6) is 0.405. The van der Waals surface area contributed by atoms with Gasteiger partial charge in [-0.05, 0) is 5.92 Å². The van der Waals surface area contributed by atoms with E-state index in [9.17, 15) is 0 Å². The SMILES string of the molecule is CC[C@H](C)[C@H](N)C(N)=S. The minimum absolute atomic E-state index is 0.106. The van der Waals surface area contributed by atoms with Gasteiger partial charge in [0.05, 0.1) is 11.0 Å². The third-order valence-electron chi connectivity index (χ3n) is 1.59. The molecular formula is C6H14N2S. The van der Waals surface area contributed by atoms with Crippen LogP contribution in [-0.4, -0.2) is 11.0 Å². The molecule has 2 nitrogen and oxygen atoms in total. The first-order chi connectivity index (χ1) is 4.09. The van der Waals surface area contributed by atoms with Crippen LogP contribution >= 0.6 is 12.2 Å². The standard InChI is InChI=1S/C6H14N2S/c1-3-4(2)5(7)6(8)9/h4-5H,3,7H2,1-2H3,(H2,8,9)/t4-,5-/m0/s1. The van der Waals surface area contributed by atoms with E-state index in [1.807, 2.05) is 6.92 Å². The molecule has 0 aliphatic rings. The van der Waals surface area contributed by atoms with Crippen LogP contribution in [0.5, 0.6) is 0 Å². The van der Waals surface area contributed by atoms with Gasteiger partial charge in [-0.3, -0.25) is 0 Å². The van der Waals surface area contributed by atoms with Crippen LogP contribution in [0.3, 0.4) is 0 Å². The molecule has 0 rings (SSSR count). The Kier molecular flexibility index (Phi) is 3.73. The van der Waals surface area contributed by atoms with Crippen molar-refractivity contribution in [3.8, 4) is 0 Å². The molecule has 54 valence electrons. The van der Waals surface area contributed by atoms with Gasteiger partial charge in [-0.2, -0.15) is 0 Å².